The van der Waals surface area contributed by atoms with Crippen LogP contribution in [0, 0.1) is 0 Å². The minimum atomic E-state index is -0.313. The molecule has 0 aromatic carbocycles. The molecule has 3 heterocycles. The van der Waals surface area contributed by atoms with Crippen LogP contribution in [-0.4, -0.2) is 35.6 Å². The third-order valence-corrected chi connectivity index (χ3v) is 2.95. The summed E-state index contributed by atoms with van der Waals surface area (Å²) in [5.74, 6) is 0.553. The van der Waals surface area contributed by atoms with E-state index in [1.165, 1.54) is 29.9 Å². The Bertz CT molecular complexity index is 775. The number of halogens is 1. The lowest BCUT2D eigenvalue weighted by Crippen LogP contribution is -2.14. The van der Waals surface area contributed by atoms with Crippen molar-refractivity contribution >= 4 is 27.7 Å². The molecule has 3 rings (SSSR count). The summed E-state index contributed by atoms with van der Waals surface area (Å²) in [5, 5.41) is 6.64. The molecule has 0 saturated heterocycles. The first-order chi connectivity index (χ1) is 10.2. The summed E-state index contributed by atoms with van der Waals surface area (Å²) in [6.45, 7) is 0. The molecule has 1 N–H and O–H groups in total. The lowest BCUT2D eigenvalue weighted by atomic mass is 10.3. The Morgan fingerprint density at radius 3 is 2.81 bits per heavy atom. The highest BCUT2D eigenvalue weighted by Gasteiger charge is 2.09. The number of amides is 1. The zero-order valence-electron chi connectivity index (χ0n) is 10.5. The average molecular weight is 346 g/mol. The molecule has 3 aromatic rings. The van der Waals surface area contributed by atoms with E-state index in [2.05, 4.69) is 46.3 Å². The molecule has 0 bridgehead atoms. The largest absolute Gasteiger partial charge is 0.306 e. The Morgan fingerprint density at radius 2 is 2.05 bits per heavy atom. The van der Waals surface area contributed by atoms with E-state index in [0.29, 0.717) is 17.2 Å². The van der Waals surface area contributed by atoms with Crippen LogP contribution in [0.4, 0.5) is 5.82 Å². The molecule has 0 aliphatic rings. The van der Waals surface area contributed by atoms with Crippen molar-refractivity contribution in [3.8, 4) is 5.82 Å². The molecule has 0 atom stereocenters. The first-order valence-corrected chi connectivity index (χ1v) is 6.60. The quantitative estimate of drug-likeness (QED) is 0.771. The summed E-state index contributed by atoms with van der Waals surface area (Å²) in [5.41, 5.74) is 0.422. The van der Waals surface area contributed by atoms with Gasteiger partial charge in [-0.1, -0.05) is 0 Å². The fraction of sp³-hybridized carbons (Fsp3) is 0. The smallest absolute Gasteiger partial charge is 0.258 e. The van der Waals surface area contributed by atoms with Crippen molar-refractivity contribution in [3.05, 3.63) is 53.5 Å². The summed E-state index contributed by atoms with van der Waals surface area (Å²) in [6, 6.07) is 3.26. The Balaban J connectivity index is 1.82. The molecule has 0 radical (unpaired) electrons. The van der Waals surface area contributed by atoms with Crippen LogP contribution in [0.15, 0.2) is 48.0 Å². The van der Waals surface area contributed by atoms with Crippen LogP contribution in [0.5, 0.6) is 0 Å². The number of pyridine rings is 1. The first-order valence-electron chi connectivity index (χ1n) is 5.81. The van der Waals surface area contributed by atoms with Gasteiger partial charge in [0.1, 0.15) is 24.8 Å². The van der Waals surface area contributed by atoms with Gasteiger partial charge < -0.3 is 5.32 Å². The second-order valence-corrected chi connectivity index (χ2v) is 4.86. The second kappa shape index (κ2) is 5.75. The predicted molar refractivity (Wildman–Crippen MR) is 76.8 cm³/mol. The van der Waals surface area contributed by atoms with E-state index in [1.54, 1.807) is 18.3 Å². The molecule has 104 valence electrons. The van der Waals surface area contributed by atoms with Crippen molar-refractivity contribution < 1.29 is 4.79 Å². The van der Waals surface area contributed by atoms with Gasteiger partial charge in [-0.2, -0.15) is 5.10 Å². The van der Waals surface area contributed by atoms with Gasteiger partial charge in [0.2, 0.25) is 0 Å². The Labute approximate surface area is 127 Å². The standard InChI is InChI=1S/C12H8BrN7O/c13-9-1-8(3-14-4-9)12(21)19-10-2-11(17-6-16-10)20-7-15-5-18-20/h1-7H,(H,16,17,19,21). The topological polar surface area (TPSA) is 98.5 Å². The number of carbonyl (C=O) groups is 1. The molecule has 21 heavy (non-hydrogen) atoms. The van der Waals surface area contributed by atoms with Gasteiger partial charge in [0.15, 0.2) is 5.82 Å². The molecule has 0 aliphatic carbocycles. The van der Waals surface area contributed by atoms with E-state index in [0.717, 1.165) is 4.47 Å². The maximum atomic E-state index is 12.1. The zero-order valence-corrected chi connectivity index (χ0v) is 12.1. The highest BCUT2D eigenvalue weighted by atomic mass is 79.9. The van der Waals surface area contributed by atoms with Crippen LogP contribution in [0.3, 0.4) is 0 Å². The van der Waals surface area contributed by atoms with E-state index < -0.39 is 0 Å². The van der Waals surface area contributed by atoms with Crippen molar-refractivity contribution in [1.29, 1.82) is 0 Å². The molecule has 1 amide bonds. The fourth-order valence-electron chi connectivity index (χ4n) is 1.59. The molecule has 0 unspecified atom stereocenters. The van der Waals surface area contributed by atoms with Crippen LogP contribution < -0.4 is 5.32 Å². The van der Waals surface area contributed by atoms with Gasteiger partial charge in [-0.05, 0) is 22.0 Å². The maximum Gasteiger partial charge on any atom is 0.258 e. The first kappa shape index (κ1) is 13.3. The maximum absolute atomic E-state index is 12.1. The number of hydrogen-bond acceptors (Lipinski definition) is 6. The Kier molecular flexibility index (Phi) is 3.65. The number of nitrogens with zero attached hydrogens (tertiary/aromatic N) is 6. The summed E-state index contributed by atoms with van der Waals surface area (Å²) < 4.78 is 2.19. The molecule has 3 aromatic heterocycles. The number of rotatable bonds is 3. The highest BCUT2D eigenvalue weighted by molar-refractivity contribution is 9.10. The Hall–Kier alpha value is -2.68. The molecular weight excluding hydrogens is 338 g/mol. The average Bonchev–Trinajstić information content (AvgIpc) is 3.02. The second-order valence-electron chi connectivity index (χ2n) is 3.95. The van der Waals surface area contributed by atoms with E-state index in [4.69, 9.17) is 0 Å². The van der Waals surface area contributed by atoms with Gasteiger partial charge in [0, 0.05) is 22.9 Å². The van der Waals surface area contributed by atoms with E-state index in [1.807, 2.05) is 0 Å². The number of hydrogen-bond donors (Lipinski definition) is 1. The van der Waals surface area contributed by atoms with Crippen molar-refractivity contribution in [3.63, 3.8) is 0 Å². The van der Waals surface area contributed by atoms with E-state index in [-0.39, 0.29) is 5.91 Å². The summed E-state index contributed by atoms with van der Waals surface area (Å²) in [6.07, 6.45) is 7.31. The monoisotopic (exact) mass is 345 g/mol. The number of carbonyl (C=O) groups excluding carboxylic acids is 1. The van der Waals surface area contributed by atoms with Crippen molar-refractivity contribution in [2.75, 3.05) is 5.32 Å². The van der Waals surface area contributed by atoms with Gasteiger partial charge in [0.25, 0.3) is 5.91 Å². The minimum Gasteiger partial charge on any atom is -0.306 e. The highest BCUT2D eigenvalue weighted by Crippen LogP contribution is 2.12. The molecule has 9 heteroatoms. The molecular formula is C12H8BrN7O. The van der Waals surface area contributed by atoms with Crippen LogP contribution in [0.25, 0.3) is 5.82 Å². The van der Waals surface area contributed by atoms with Gasteiger partial charge in [-0.3, -0.25) is 9.78 Å². The van der Waals surface area contributed by atoms with Gasteiger partial charge >= 0.3 is 0 Å². The predicted octanol–water partition coefficient (Wildman–Crippen LogP) is 1.47. The lowest BCUT2D eigenvalue weighted by molar-refractivity contribution is 0.102. The zero-order chi connectivity index (χ0) is 14.7. The molecule has 8 nitrogen and oxygen atoms in total. The SMILES string of the molecule is O=C(Nc1cc(-n2cncn2)ncn1)c1cncc(Br)c1. The summed E-state index contributed by atoms with van der Waals surface area (Å²) in [4.78, 5) is 27.9. The number of anilines is 1. The molecule has 0 aliphatic heterocycles. The summed E-state index contributed by atoms with van der Waals surface area (Å²) in [7, 11) is 0. The summed E-state index contributed by atoms with van der Waals surface area (Å²) >= 11 is 3.27. The fourth-order valence-corrected chi connectivity index (χ4v) is 1.96. The number of aromatic nitrogens is 6. The molecule has 0 fully saturated rings. The van der Waals surface area contributed by atoms with Crippen LogP contribution in [0.2, 0.25) is 0 Å². The van der Waals surface area contributed by atoms with Gasteiger partial charge in [-0.25, -0.2) is 19.6 Å². The third kappa shape index (κ3) is 3.08. The van der Waals surface area contributed by atoms with E-state index in [9.17, 15) is 4.79 Å². The lowest BCUT2D eigenvalue weighted by Gasteiger charge is -2.05. The molecule has 0 saturated carbocycles. The third-order valence-electron chi connectivity index (χ3n) is 2.51. The van der Waals surface area contributed by atoms with Crippen LogP contribution in [0.1, 0.15) is 10.4 Å². The minimum absolute atomic E-state index is 0.313. The van der Waals surface area contributed by atoms with Crippen molar-refractivity contribution in [2.24, 2.45) is 0 Å². The number of nitrogens with one attached hydrogen (secondary N) is 1. The van der Waals surface area contributed by atoms with E-state index >= 15 is 0 Å². The van der Waals surface area contributed by atoms with Crippen molar-refractivity contribution in [1.82, 2.24) is 29.7 Å². The van der Waals surface area contributed by atoms with Crippen LogP contribution >= 0.6 is 15.9 Å². The van der Waals surface area contributed by atoms with Gasteiger partial charge in [-0.15, -0.1) is 0 Å². The Morgan fingerprint density at radius 1 is 1.14 bits per heavy atom. The van der Waals surface area contributed by atoms with Gasteiger partial charge in [0.05, 0.1) is 5.56 Å². The normalized spacial score (nSPS) is 10.3. The molecule has 0 spiro atoms. The van der Waals surface area contributed by atoms with Crippen LogP contribution in [-0.2, 0) is 0 Å². The van der Waals surface area contributed by atoms with Crippen molar-refractivity contribution in [2.45, 2.75) is 0 Å².